The summed E-state index contributed by atoms with van der Waals surface area (Å²) >= 11 is 0. The molecule has 1 aliphatic carbocycles. The van der Waals surface area contributed by atoms with E-state index in [0.717, 1.165) is 59.7 Å². The maximum Gasteiger partial charge on any atom is 0.407 e. The maximum absolute atomic E-state index is 14.3. The highest BCUT2D eigenvalue weighted by atomic mass is 32.2. The molecule has 2 aromatic rings. The van der Waals surface area contributed by atoms with E-state index in [1.165, 1.54) is 12.1 Å². The summed E-state index contributed by atoms with van der Waals surface area (Å²) in [5.41, 5.74) is 1.20. The maximum atomic E-state index is 14.3. The van der Waals surface area contributed by atoms with Crippen LogP contribution in [-0.4, -0.2) is 75.1 Å². The minimum Gasteiger partial charge on any atom is -0.442 e. The van der Waals surface area contributed by atoms with Crippen LogP contribution in [0.2, 0.25) is 0 Å². The standard InChI is InChI=1S/C39H52N4O8S/c1-5-8-10-15-23-40-38(46)50-33-26-31-34(37(45)43(36(31)44)29-17-13-12-14-18-29)32(35(33)51-39(47)41-24-16-11-9-6-2)27-42(25-7-3)52(48,49)30-21-19-28(4)20-22-30/h3,12-14,17-22,31-35H,5-6,8-11,15-16,23-27H2,1-2,4H3,(H,40,46)(H,41,47)/t31-,32-,33-,34-,35+/m1/s1. The molecule has 5 atom stereocenters. The van der Waals surface area contributed by atoms with Gasteiger partial charge >= 0.3 is 12.2 Å². The van der Waals surface area contributed by atoms with Gasteiger partial charge in [0.25, 0.3) is 0 Å². The first-order valence-electron chi connectivity index (χ1n) is 18.4. The largest absolute Gasteiger partial charge is 0.442 e. The van der Waals surface area contributed by atoms with E-state index in [1.54, 1.807) is 42.5 Å². The lowest BCUT2D eigenvalue weighted by atomic mass is 9.70. The van der Waals surface area contributed by atoms with Crippen molar-refractivity contribution in [1.82, 2.24) is 14.9 Å². The van der Waals surface area contributed by atoms with Crippen LogP contribution in [0.5, 0.6) is 0 Å². The van der Waals surface area contributed by atoms with E-state index < -0.39 is 70.5 Å². The van der Waals surface area contributed by atoms with Gasteiger partial charge in [-0.2, -0.15) is 4.31 Å². The van der Waals surface area contributed by atoms with Crippen molar-refractivity contribution in [2.24, 2.45) is 17.8 Å². The Kier molecular flexibility index (Phi) is 15.1. The number of rotatable bonds is 18. The number of para-hydroxylation sites is 1. The molecule has 12 nitrogen and oxygen atoms in total. The number of hydrogen-bond acceptors (Lipinski definition) is 8. The Hall–Kier alpha value is -4.41. The minimum absolute atomic E-state index is 0.0158. The second-order valence-electron chi connectivity index (χ2n) is 13.5. The number of nitrogens with one attached hydrogen (secondary N) is 2. The van der Waals surface area contributed by atoms with Crippen molar-refractivity contribution in [2.75, 3.05) is 31.1 Å². The molecule has 0 radical (unpaired) electrons. The number of carbonyl (C=O) groups is 4. The molecule has 1 saturated heterocycles. The molecular weight excluding hydrogens is 685 g/mol. The zero-order valence-electron chi connectivity index (χ0n) is 30.4. The molecule has 4 rings (SSSR count). The number of anilines is 1. The molecule has 13 heteroatoms. The zero-order chi connectivity index (χ0) is 37.7. The van der Waals surface area contributed by atoms with E-state index in [9.17, 15) is 27.6 Å². The summed E-state index contributed by atoms with van der Waals surface area (Å²) in [5, 5.41) is 5.49. The summed E-state index contributed by atoms with van der Waals surface area (Å²) in [5.74, 6) is -1.89. The fourth-order valence-corrected chi connectivity index (χ4v) is 8.33. The number of carbonyl (C=O) groups excluding carboxylic acids is 4. The van der Waals surface area contributed by atoms with Gasteiger partial charge in [0.15, 0.2) is 0 Å². The molecular formula is C39H52N4O8S. The first kappa shape index (κ1) is 40.4. The molecule has 0 bridgehead atoms. The Bertz CT molecular complexity index is 1660. The van der Waals surface area contributed by atoms with Gasteiger partial charge in [-0.25, -0.2) is 18.0 Å². The smallest absolute Gasteiger partial charge is 0.407 e. The van der Waals surface area contributed by atoms with Gasteiger partial charge in [-0.1, -0.05) is 94.2 Å². The van der Waals surface area contributed by atoms with Crippen molar-refractivity contribution in [2.45, 2.75) is 95.7 Å². The van der Waals surface area contributed by atoms with Gasteiger partial charge in [-0.05, 0) is 44.0 Å². The number of ether oxygens (including phenoxy) is 2. The van der Waals surface area contributed by atoms with Gasteiger partial charge < -0.3 is 20.1 Å². The fraction of sp³-hybridized carbons (Fsp3) is 0.538. The van der Waals surface area contributed by atoms with Crippen molar-refractivity contribution in [3.63, 3.8) is 0 Å². The van der Waals surface area contributed by atoms with Crippen LogP contribution in [-0.2, 0) is 29.1 Å². The number of aryl methyl sites for hydroxylation is 1. The Balaban J connectivity index is 1.74. The summed E-state index contributed by atoms with van der Waals surface area (Å²) in [7, 11) is -4.24. The molecule has 2 fully saturated rings. The van der Waals surface area contributed by atoms with Crippen LogP contribution < -0.4 is 15.5 Å². The van der Waals surface area contributed by atoms with Crippen LogP contribution in [0, 0.1) is 37.0 Å². The summed E-state index contributed by atoms with van der Waals surface area (Å²) < 4.78 is 41.2. The highest BCUT2D eigenvalue weighted by Crippen LogP contribution is 2.46. The van der Waals surface area contributed by atoms with Crippen LogP contribution in [0.1, 0.15) is 77.2 Å². The van der Waals surface area contributed by atoms with E-state index >= 15 is 0 Å². The predicted molar refractivity (Wildman–Crippen MR) is 198 cm³/mol. The van der Waals surface area contributed by atoms with Crippen molar-refractivity contribution in [3.05, 3.63) is 60.2 Å². The summed E-state index contributed by atoms with van der Waals surface area (Å²) in [6.45, 7) is 5.92. The molecule has 2 N–H and O–H groups in total. The number of imide groups is 1. The van der Waals surface area contributed by atoms with Crippen LogP contribution in [0.25, 0.3) is 0 Å². The highest BCUT2D eigenvalue weighted by molar-refractivity contribution is 7.89. The Labute approximate surface area is 308 Å². The molecule has 282 valence electrons. The second kappa shape index (κ2) is 19.4. The normalized spacial score (nSPS) is 21.4. The third-order valence-corrected chi connectivity index (χ3v) is 11.5. The van der Waals surface area contributed by atoms with E-state index in [-0.39, 0.29) is 17.9 Å². The highest BCUT2D eigenvalue weighted by Gasteiger charge is 2.60. The van der Waals surface area contributed by atoms with Crippen molar-refractivity contribution >= 4 is 39.7 Å². The van der Waals surface area contributed by atoms with Crippen LogP contribution in [0.4, 0.5) is 15.3 Å². The fourth-order valence-electron chi connectivity index (χ4n) is 6.94. The quantitative estimate of drug-likeness (QED) is 0.111. The van der Waals surface area contributed by atoms with Gasteiger partial charge in [-0.15, -0.1) is 6.42 Å². The van der Waals surface area contributed by atoms with Crippen LogP contribution in [0.3, 0.4) is 0 Å². The second-order valence-corrected chi connectivity index (χ2v) is 15.4. The summed E-state index contributed by atoms with van der Waals surface area (Å²) in [6.07, 6.45) is 8.86. The number of unbranched alkanes of at least 4 members (excludes halogenated alkanes) is 6. The van der Waals surface area contributed by atoms with Crippen molar-refractivity contribution < 1.29 is 37.1 Å². The zero-order valence-corrected chi connectivity index (χ0v) is 31.2. The number of alkyl carbamates (subject to hydrolysis) is 2. The lowest BCUT2D eigenvalue weighted by Gasteiger charge is -2.42. The summed E-state index contributed by atoms with van der Waals surface area (Å²) in [4.78, 5) is 56.0. The average Bonchev–Trinajstić information content (AvgIpc) is 3.37. The first-order chi connectivity index (χ1) is 25.0. The molecule has 52 heavy (non-hydrogen) atoms. The molecule has 0 aromatic heterocycles. The monoisotopic (exact) mass is 736 g/mol. The van der Waals surface area contributed by atoms with Crippen LogP contribution >= 0.6 is 0 Å². The first-order valence-corrected chi connectivity index (χ1v) is 19.8. The van der Waals surface area contributed by atoms with E-state index in [1.807, 2.05) is 6.92 Å². The van der Waals surface area contributed by atoms with E-state index in [0.29, 0.717) is 25.2 Å². The lowest BCUT2D eigenvalue weighted by Crippen LogP contribution is -2.56. The van der Waals surface area contributed by atoms with Gasteiger partial charge in [-0.3, -0.25) is 14.5 Å². The lowest BCUT2D eigenvalue weighted by molar-refractivity contribution is -0.137. The van der Waals surface area contributed by atoms with Crippen LogP contribution in [0.15, 0.2) is 59.5 Å². The van der Waals surface area contributed by atoms with Gasteiger partial charge in [0.05, 0.1) is 29.0 Å². The van der Waals surface area contributed by atoms with Crippen molar-refractivity contribution in [1.29, 1.82) is 0 Å². The predicted octanol–water partition coefficient (Wildman–Crippen LogP) is 5.79. The molecule has 4 amide bonds. The number of terminal acetylenes is 1. The average molecular weight is 737 g/mol. The number of sulfonamides is 1. The summed E-state index contributed by atoms with van der Waals surface area (Å²) in [6, 6.07) is 14.7. The molecule has 1 aliphatic heterocycles. The number of benzene rings is 2. The van der Waals surface area contributed by atoms with Gasteiger partial charge in [0.2, 0.25) is 21.8 Å². The SMILES string of the molecule is C#CCN(C[C@H]1[C@H](OC(=O)NCCCCCC)[C@H](OC(=O)NCCCCCC)C[C@H]2C(=O)N(c3ccccc3)C(=O)[C@@H]12)S(=O)(=O)c1ccc(C)cc1. The number of amides is 4. The Morgan fingerprint density at radius 3 is 2.04 bits per heavy atom. The molecule has 2 aliphatic rings. The van der Waals surface area contributed by atoms with Crippen molar-refractivity contribution in [3.8, 4) is 12.3 Å². The Morgan fingerprint density at radius 2 is 1.46 bits per heavy atom. The third kappa shape index (κ3) is 10.1. The third-order valence-electron chi connectivity index (χ3n) is 9.67. The molecule has 1 heterocycles. The molecule has 0 unspecified atom stereocenters. The number of fused-ring (bicyclic) bond motifs is 1. The van der Waals surface area contributed by atoms with Gasteiger partial charge in [0.1, 0.15) is 12.2 Å². The number of nitrogens with zero attached hydrogens (tertiary/aromatic N) is 2. The molecule has 2 aromatic carbocycles. The molecule has 1 saturated carbocycles. The topological polar surface area (TPSA) is 151 Å². The molecule has 0 spiro atoms. The van der Waals surface area contributed by atoms with E-state index in [2.05, 4.69) is 30.4 Å². The van der Waals surface area contributed by atoms with E-state index in [4.69, 9.17) is 15.9 Å². The number of hydrogen-bond donors (Lipinski definition) is 2. The minimum atomic E-state index is -4.24. The van der Waals surface area contributed by atoms with Gasteiger partial charge in [0, 0.05) is 32.0 Å². The Morgan fingerprint density at radius 1 is 0.865 bits per heavy atom.